The van der Waals surface area contributed by atoms with E-state index in [1.165, 1.54) is 0 Å². The molecule has 1 aromatic carbocycles. The van der Waals surface area contributed by atoms with Crippen LogP contribution in [0, 0.1) is 0 Å². The predicted molar refractivity (Wildman–Crippen MR) is 82.2 cm³/mol. The van der Waals surface area contributed by atoms with Crippen molar-refractivity contribution in [3.8, 4) is 0 Å². The molecule has 0 bridgehead atoms. The van der Waals surface area contributed by atoms with Crippen LogP contribution in [0.1, 0.15) is 25.7 Å². The summed E-state index contributed by atoms with van der Waals surface area (Å²) >= 11 is 3.48. The van der Waals surface area contributed by atoms with E-state index >= 15 is 0 Å². The Morgan fingerprint density at radius 3 is 2.55 bits per heavy atom. The zero-order valence-corrected chi connectivity index (χ0v) is 13.0. The third-order valence-electron chi connectivity index (χ3n) is 4.13. The molecule has 2 aliphatic rings. The van der Waals surface area contributed by atoms with E-state index in [2.05, 4.69) is 15.9 Å². The molecule has 0 spiro atoms. The lowest BCUT2D eigenvalue weighted by Crippen LogP contribution is -2.50. The molecule has 1 amide bonds. The Balaban J connectivity index is 1.98. The number of rotatable bonds is 1. The van der Waals surface area contributed by atoms with Gasteiger partial charge in [-0.1, -0.05) is 15.9 Å². The number of hydrogen-bond acceptors (Lipinski definition) is 3. The first-order valence-corrected chi connectivity index (χ1v) is 7.70. The summed E-state index contributed by atoms with van der Waals surface area (Å²) in [6.45, 7) is 0.402. The second-order valence-corrected chi connectivity index (χ2v) is 6.44. The number of likely N-dealkylation sites (N-methyl/N-ethyl adjacent to an activating group) is 1. The van der Waals surface area contributed by atoms with Crippen molar-refractivity contribution in [3.63, 3.8) is 0 Å². The van der Waals surface area contributed by atoms with Crippen LogP contribution < -0.4 is 9.80 Å². The molecule has 1 aliphatic carbocycles. The highest BCUT2D eigenvalue weighted by Gasteiger charge is 2.34. The fraction of sp³-hybridized carbons (Fsp3) is 0.467. The van der Waals surface area contributed by atoms with Crippen molar-refractivity contribution >= 4 is 39.0 Å². The van der Waals surface area contributed by atoms with Crippen LogP contribution in [0.25, 0.3) is 0 Å². The molecule has 5 heteroatoms. The highest BCUT2D eigenvalue weighted by molar-refractivity contribution is 9.10. The monoisotopic (exact) mass is 336 g/mol. The van der Waals surface area contributed by atoms with Gasteiger partial charge >= 0.3 is 0 Å². The lowest BCUT2D eigenvalue weighted by Gasteiger charge is -2.41. The quantitative estimate of drug-likeness (QED) is 0.791. The molecule has 1 aliphatic heterocycles. The van der Waals surface area contributed by atoms with E-state index in [1.807, 2.05) is 35.0 Å². The maximum Gasteiger partial charge on any atom is 0.246 e. The van der Waals surface area contributed by atoms with E-state index in [-0.39, 0.29) is 11.9 Å². The molecule has 1 fully saturated rings. The number of carbonyl (C=O) groups is 2. The summed E-state index contributed by atoms with van der Waals surface area (Å²) in [6, 6.07) is 6.18. The molecule has 0 saturated heterocycles. The fourth-order valence-corrected chi connectivity index (χ4v) is 3.44. The van der Waals surface area contributed by atoms with Crippen LogP contribution >= 0.6 is 15.9 Å². The van der Waals surface area contributed by atoms with Crippen LogP contribution in [-0.4, -0.2) is 31.3 Å². The lowest BCUT2D eigenvalue weighted by molar-refractivity contribution is -0.122. The van der Waals surface area contributed by atoms with Gasteiger partial charge in [-0.05, 0) is 31.0 Å². The molecule has 0 unspecified atom stereocenters. The Morgan fingerprint density at radius 1 is 1.15 bits per heavy atom. The van der Waals surface area contributed by atoms with E-state index in [4.69, 9.17) is 0 Å². The SMILES string of the molecule is CN1CC(=O)N(C2CCC(=O)CC2)c2cc(Br)ccc21. The molecule has 1 saturated carbocycles. The van der Waals surface area contributed by atoms with Gasteiger partial charge in [0.05, 0.1) is 17.9 Å². The summed E-state index contributed by atoms with van der Waals surface area (Å²) < 4.78 is 0.969. The van der Waals surface area contributed by atoms with Gasteiger partial charge in [-0.25, -0.2) is 0 Å². The average Bonchev–Trinajstić information content (AvgIpc) is 2.40. The molecule has 106 valence electrons. The van der Waals surface area contributed by atoms with Gasteiger partial charge in [0, 0.05) is 30.4 Å². The summed E-state index contributed by atoms with van der Waals surface area (Å²) in [6.07, 6.45) is 2.74. The molecule has 1 heterocycles. The number of benzene rings is 1. The minimum atomic E-state index is 0.123. The highest BCUT2D eigenvalue weighted by atomic mass is 79.9. The lowest BCUT2D eigenvalue weighted by atomic mass is 9.92. The van der Waals surface area contributed by atoms with Gasteiger partial charge in [-0.3, -0.25) is 9.59 Å². The zero-order chi connectivity index (χ0) is 14.3. The van der Waals surface area contributed by atoms with E-state index in [9.17, 15) is 9.59 Å². The van der Waals surface area contributed by atoms with Gasteiger partial charge in [0.15, 0.2) is 0 Å². The summed E-state index contributed by atoms with van der Waals surface area (Å²) in [7, 11) is 1.94. The number of halogens is 1. The minimum Gasteiger partial charge on any atom is -0.364 e. The first-order valence-electron chi connectivity index (χ1n) is 6.90. The number of carbonyl (C=O) groups excluding carboxylic acids is 2. The normalized spacial score (nSPS) is 20.3. The zero-order valence-electron chi connectivity index (χ0n) is 11.4. The molecule has 0 aromatic heterocycles. The smallest absolute Gasteiger partial charge is 0.246 e. The van der Waals surface area contributed by atoms with Crippen molar-refractivity contribution < 1.29 is 9.59 Å². The van der Waals surface area contributed by atoms with Gasteiger partial charge in [0.2, 0.25) is 5.91 Å². The first-order chi connectivity index (χ1) is 9.56. The van der Waals surface area contributed by atoms with Crippen molar-refractivity contribution in [1.29, 1.82) is 0 Å². The molecule has 4 nitrogen and oxygen atoms in total. The second-order valence-electron chi connectivity index (χ2n) is 5.52. The van der Waals surface area contributed by atoms with Crippen molar-refractivity contribution in [3.05, 3.63) is 22.7 Å². The number of anilines is 2. The largest absolute Gasteiger partial charge is 0.364 e. The van der Waals surface area contributed by atoms with Gasteiger partial charge in [-0.2, -0.15) is 0 Å². The molecular formula is C15H17BrN2O2. The number of hydrogen-bond donors (Lipinski definition) is 0. The van der Waals surface area contributed by atoms with E-state index < -0.39 is 0 Å². The standard InChI is InChI=1S/C15H17BrN2O2/c1-17-9-15(20)18(11-3-5-12(19)6-4-11)14-8-10(16)2-7-13(14)17/h2,7-8,11H,3-6,9H2,1H3. The van der Waals surface area contributed by atoms with Crippen molar-refractivity contribution in [1.82, 2.24) is 0 Å². The van der Waals surface area contributed by atoms with Crippen LogP contribution in [0.3, 0.4) is 0 Å². The molecule has 1 aromatic rings. The molecule has 20 heavy (non-hydrogen) atoms. The summed E-state index contributed by atoms with van der Waals surface area (Å²) in [5, 5.41) is 0. The van der Waals surface area contributed by atoms with Crippen molar-refractivity contribution in [2.24, 2.45) is 0 Å². The number of fused-ring (bicyclic) bond motifs is 1. The van der Waals surface area contributed by atoms with Crippen LogP contribution in [0.5, 0.6) is 0 Å². The topological polar surface area (TPSA) is 40.6 Å². The predicted octanol–water partition coefficient (Wildman–Crippen LogP) is 2.74. The van der Waals surface area contributed by atoms with Crippen LogP contribution in [-0.2, 0) is 9.59 Å². The summed E-state index contributed by atoms with van der Waals surface area (Å²) in [5.41, 5.74) is 2.03. The Labute approximate surface area is 126 Å². The van der Waals surface area contributed by atoms with Gasteiger partial charge in [0.25, 0.3) is 0 Å². The second kappa shape index (κ2) is 5.20. The maximum absolute atomic E-state index is 12.4. The maximum atomic E-state index is 12.4. The van der Waals surface area contributed by atoms with E-state index in [1.54, 1.807) is 0 Å². The average molecular weight is 337 g/mol. The van der Waals surface area contributed by atoms with E-state index in [0.717, 1.165) is 28.7 Å². The number of Topliss-reactive ketones (excluding diaryl/α,β-unsaturated/α-hetero) is 1. The molecule has 0 atom stereocenters. The molecular weight excluding hydrogens is 320 g/mol. The molecule has 3 rings (SSSR count). The van der Waals surface area contributed by atoms with Crippen LogP contribution in [0.4, 0.5) is 11.4 Å². The Hall–Kier alpha value is -1.36. The van der Waals surface area contributed by atoms with Crippen LogP contribution in [0.2, 0.25) is 0 Å². The molecule has 0 radical (unpaired) electrons. The van der Waals surface area contributed by atoms with Gasteiger partial charge in [-0.15, -0.1) is 0 Å². The minimum absolute atomic E-state index is 0.123. The summed E-state index contributed by atoms with van der Waals surface area (Å²) in [4.78, 5) is 27.7. The highest BCUT2D eigenvalue weighted by Crippen LogP contribution is 2.38. The third kappa shape index (κ3) is 2.35. The molecule has 0 N–H and O–H groups in total. The first kappa shape index (κ1) is 13.6. The van der Waals surface area contributed by atoms with E-state index in [0.29, 0.717) is 25.2 Å². The van der Waals surface area contributed by atoms with Crippen LogP contribution in [0.15, 0.2) is 22.7 Å². The Morgan fingerprint density at radius 2 is 1.85 bits per heavy atom. The van der Waals surface area contributed by atoms with Gasteiger partial charge < -0.3 is 9.80 Å². The number of ketones is 1. The third-order valence-corrected chi connectivity index (χ3v) is 4.62. The van der Waals surface area contributed by atoms with Gasteiger partial charge in [0.1, 0.15) is 5.78 Å². The van der Waals surface area contributed by atoms with Crippen molar-refractivity contribution in [2.75, 3.05) is 23.4 Å². The number of nitrogens with zero attached hydrogens (tertiary/aromatic N) is 2. The number of amides is 1. The summed E-state index contributed by atoms with van der Waals surface area (Å²) in [5.74, 6) is 0.440. The fourth-order valence-electron chi connectivity index (χ4n) is 3.09. The van der Waals surface area contributed by atoms with Crippen molar-refractivity contribution in [2.45, 2.75) is 31.7 Å². The Kier molecular flexibility index (Phi) is 3.54. The Bertz CT molecular complexity index is 563.